The Balaban J connectivity index is 1.67. The van der Waals surface area contributed by atoms with Crippen molar-refractivity contribution in [2.75, 3.05) is 13.2 Å². The van der Waals surface area contributed by atoms with Gasteiger partial charge in [-0.2, -0.15) is 0 Å². The molecule has 1 N–H and O–H groups in total. The van der Waals surface area contributed by atoms with E-state index in [1.807, 2.05) is 18.2 Å². The Labute approximate surface area is 157 Å². The highest BCUT2D eigenvalue weighted by Crippen LogP contribution is 2.36. The number of carbonyl (C=O) groups excluding carboxylic acids is 1. The Kier molecular flexibility index (Phi) is 5.25. The van der Waals surface area contributed by atoms with Crippen molar-refractivity contribution in [3.8, 4) is 11.5 Å². The first-order chi connectivity index (χ1) is 11.5. The lowest BCUT2D eigenvalue weighted by atomic mass is 10.2. The minimum Gasteiger partial charge on any atom is -0.486 e. The Hall–Kier alpha value is -1.40. The number of hydrogen-bond acceptors (Lipinski definition) is 4. The number of nitrogens with one attached hydrogen (secondary N) is 1. The molecule has 3 rings (SSSR count). The largest absolute Gasteiger partial charge is 0.486 e. The van der Waals surface area contributed by atoms with E-state index >= 15 is 0 Å². The molecule has 1 aromatic carbocycles. The summed E-state index contributed by atoms with van der Waals surface area (Å²) < 4.78 is 11.3. The summed E-state index contributed by atoms with van der Waals surface area (Å²) >= 11 is 23.6. The second-order valence-electron chi connectivity index (χ2n) is 4.90. The summed E-state index contributed by atoms with van der Waals surface area (Å²) in [6.45, 7) is 0.504. The number of amides is 1. The first-order valence-electron chi connectivity index (χ1n) is 6.84. The van der Waals surface area contributed by atoms with Crippen LogP contribution in [0.15, 0.2) is 24.3 Å². The summed E-state index contributed by atoms with van der Waals surface area (Å²) in [6, 6.07) is 7.29. The average Bonchev–Trinajstić information content (AvgIpc) is 2.60. The van der Waals surface area contributed by atoms with Crippen molar-refractivity contribution >= 4 is 52.3 Å². The number of hydrogen-bond donors (Lipinski definition) is 1. The topological polar surface area (TPSA) is 60.5 Å². The van der Waals surface area contributed by atoms with Crippen LogP contribution in [0.2, 0.25) is 20.2 Å². The molecule has 1 amide bonds. The van der Waals surface area contributed by atoms with Crippen molar-refractivity contribution in [2.24, 2.45) is 0 Å². The maximum absolute atomic E-state index is 12.3. The standard InChI is InChI=1S/C15H10Cl4N2O3/c16-10-11(17)13(21-14(19)12(10)18)15(22)20-5-7-6-23-8-3-1-2-4-9(8)24-7/h1-4,7H,5-6H2,(H,20,22). The third-order valence-electron chi connectivity index (χ3n) is 3.26. The molecule has 0 aliphatic carbocycles. The normalized spacial score (nSPS) is 15.9. The predicted molar refractivity (Wildman–Crippen MR) is 93.0 cm³/mol. The zero-order valence-corrected chi connectivity index (χ0v) is 15.0. The Morgan fingerprint density at radius 1 is 1.12 bits per heavy atom. The highest BCUT2D eigenvalue weighted by molar-refractivity contribution is 6.52. The smallest absolute Gasteiger partial charge is 0.271 e. The van der Waals surface area contributed by atoms with Crippen molar-refractivity contribution in [3.05, 3.63) is 50.2 Å². The molecule has 5 nitrogen and oxygen atoms in total. The highest BCUT2D eigenvalue weighted by Gasteiger charge is 2.24. The van der Waals surface area contributed by atoms with Crippen molar-refractivity contribution in [1.82, 2.24) is 10.3 Å². The van der Waals surface area contributed by atoms with E-state index in [2.05, 4.69) is 10.3 Å². The zero-order valence-electron chi connectivity index (χ0n) is 12.0. The van der Waals surface area contributed by atoms with Crippen molar-refractivity contribution < 1.29 is 14.3 Å². The fourth-order valence-electron chi connectivity index (χ4n) is 2.09. The summed E-state index contributed by atoms with van der Waals surface area (Å²) in [4.78, 5) is 16.1. The van der Waals surface area contributed by atoms with Crippen LogP contribution < -0.4 is 14.8 Å². The van der Waals surface area contributed by atoms with Gasteiger partial charge < -0.3 is 14.8 Å². The van der Waals surface area contributed by atoms with E-state index in [1.165, 1.54) is 0 Å². The number of para-hydroxylation sites is 2. The van der Waals surface area contributed by atoms with Crippen LogP contribution in [0.25, 0.3) is 0 Å². The van der Waals surface area contributed by atoms with Crippen molar-refractivity contribution in [2.45, 2.75) is 6.10 Å². The summed E-state index contributed by atoms with van der Waals surface area (Å²) in [5, 5.41) is 2.49. The van der Waals surface area contributed by atoms with E-state index in [-0.39, 0.29) is 38.6 Å². The molecule has 0 saturated heterocycles. The molecule has 2 aromatic rings. The number of rotatable bonds is 3. The first kappa shape index (κ1) is 17.4. The van der Waals surface area contributed by atoms with Crippen molar-refractivity contribution in [1.29, 1.82) is 0 Å². The summed E-state index contributed by atoms with van der Waals surface area (Å²) in [6.07, 6.45) is -0.346. The van der Waals surface area contributed by atoms with Gasteiger partial charge in [-0.05, 0) is 12.1 Å². The van der Waals surface area contributed by atoms with Gasteiger partial charge in [0.25, 0.3) is 5.91 Å². The lowest BCUT2D eigenvalue weighted by molar-refractivity contribution is 0.0786. The monoisotopic (exact) mass is 406 g/mol. The molecule has 0 saturated carbocycles. The predicted octanol–water partition coefficient (Wildman–Crippen LogP) is 4.27. The van der Waals surface area contributed by atoms with Crippen LogP contribution in [-0.4, -0.2) is 30.1 Å². The number of fused-ring (bicyclic) bond motifs is 1. The fraction of sp³-hybridized carbons (Fsp3) is 0.200. The zero-order chi connectivity index (χ0) is 17.3. The average molecular weight is 408 g/mol. The van der Waals surface area contributed by atoms with Gasteiger partial charge in [0.15, 0.2) is 11.5 Å². The third kappa shape index (κ3) is 3.49. The summed E-state index contributed by atoms with van der Waals surface area (Å²) in [5.41, 5.74) is -0.104. The lowest BCUT2D eigenvalue weighted by Crippen LogP contribution is -2.41. The van der Waals surface area contributed by atoms with E-state index in [0.717, 1.165) is 0 Å². The molecule has 126 valence electrons. The number of ether oxygens (including phenoxy) is 2. The molecule has 0 radical (unpaired) electrons. The summed E-state index contributed by atoms with van der Waals surface area (Å²) in [7, 11) is 0. The highest BCUT2D eigenvalue weighted by atomic mass is 35.5. The van der Waals surface area contributed by atoms with Gasteiger partial charge in [0.1, 0.15) is 23.6 Å². The Bertz CT molecular complexity index is 801. The first-order valence-corrected chi connectivity index (χ1v) is 8.35. The Morgan fingerprint density at radius 2 is 1.83 bits per heavy atom. The van der Waals surface area contributed by atoms with E-state index in [9.17, 15) is 4.79 Å². The molecule has 0 bridgehead atoms. The number of carbonyl (C=O) groups is 1. The second-order valence-corrected chi connectivity index (χ2v) is 6.39. The number of aromatic nitrogens is 1. The minimum atomic E-state index is -0.539. The van der Waals surface area contributed by atoms with E-state index < -0.39 is 5.91 Å². The number of halogens is 4. The summed E-state index contributed by atoms with van der Waals surface area (Å²) in [5.74, 6) is 0.751. The van der Waals surface area contributed by atoms with Gasteiger partial charge in [-0.25, -0.2) is 4.98 Å². The van der Waals surface area contributed by atoms with Gasteiger partial charge in [-0.15, -0.1) is 0 Å². The van der Waals surface area contributed by atoms with Gasteiger partial charge in [0, 0.05) is 0 Å². The van der Waals surface area contributed by atoms with Crippen LogP contribution >= 0.6 is 46.4 Å². The quantitative estimate of drug-likeness (QED) is 0.772. The molecule has 2 heterocycles. The SMILES string of the molecule is O=C(NCC1COc2ccccc2O1)c1nc(Cl)c(Cl)c(Cl)c1Cl. The van der Waals surface area contributed by atoms with Gasteiger partial charge in [0.2, 0.25) is 0 Å². The van der Waals surface area contributed by atoms with Gasteiger partial charge in [0.05, 0.1) is 21.6 Å². The van der Waals surface area contributed by atoms with Crippen LogP contribution in [0, 0.1) is 0 Å². The lowest BCUT2D eigenvalue weighted by Gasteiger charge is -2.26. The number of benzene rings is 1. The molecule has 0 fully saturated rings. The number of pyridine rings is 1. The van der Waals surface area contributed by atoms with E-state index in [4.69, 9.17) is 55.9 Å². The van der Waals surface area contributed by atoms with E-state index in [0.29, 0.717) is 18.1 Å². The van der Waals surface area contributed by atoms with Gasteiger partial charge in [-0.3, -0.25) is 4.79 Å². The molecular formula is C15H10Cl4N2O3. The van der Waals surface area contributed by atoms with Crippen LogP contribution in [0.3, 0.4) is 0 Å². The van der Waals surface area contributed by atoms with Gasteiger partial charge >= 0.3 is 0 Å². The van der Waals surface area contributed by atoms with E-state index in [1.54, 1.807) is 6.07 Å². The molecule has 0 spiro atoms. The molecule has 1 unspecified atom stereocenters. The Morgan fingerprint density at radius 3 is 2.58 bits per heavy atom. The molecule has 1 aromatic heterocycles. The molecular weight excluding hydrogens is 398 g/mol. The maximum atomic E-state index is 12.3. The van der Waals surface area contributed by atoms with Gasteiger partial charge in [-0.1, -0.05) is 58.5 Å². The van der Waals surface area contributed by atoms with Crippen molar-refractivity contribution in [3.63, 3.8) is 0 Å². The van der Waals surface area contributed by atoms with Crippen LogP contribution in [0.5, 0.6) is 11.5 Å². The van der Waals surface area contributed by atoms with Crippen LogP contribution in [0.1, 0.15) is 10.5 Å². The van der Waals surface area contributed by atoms with Crippen LogP contribution in [-0.2, 0) is 0 Å². The fourth-order valence-corrected chi connectivity index (χ4v) is 2.91. The maximum Gasteiger partial charge on any atom is 0.271 e. The second kappa shape index (κ2) is 7.23. The molecule has 1 atom stereocenters. The molecule has 24 heavy (non-hydrogen) atoms. The number of nitrogens with zero attached hydrogens (tertiary/aromatic N) is 1. The third-order valence-corrected chi connectivity index (χ3v) is 4.93. The minimum absolute atomic E-state index is 0.000467. The molecule has 1 aliphatic heterocycles. The van der Waals surface area contributed by atoms with Crippen LogP contribution in [0.4, 0.5) is 0 Å². The molecule has 1 aliphatic rings. The molecule has 9 heteroatoms.